The summed E-state index contributed by atoms with van der Waals surface area (Å²) in [4.78, 5) is 22.3. The Bertz CT molecular complexity index is 504. The Kier molecular flexibility index (Phi) is 15.1. The fourth-order valence-electron chi connectivity index (χ4n) is 2.35. The van der Waals surface area contributed by atoms with Gasteiger partial charge in [-0.05, 0) is 39.0 Å². The summed E-state index contributed by atoms with van der Waals surface area (Å²) in [5.74, 6) is -0.457. The minimum absolute atomic E-state index is 0.126. The van der Waals surface area contributed by atoms with Crippen molar-refractivity contribution in [1.82, 2.24) is 5.32 Å². The van der Waals surface area contributed by atoms with E-state index in [-0.39, 0.29) is 24.0 Å². The summed E-state index contributed by atoms with van der Waals surface area (Å²) in [6.07, 6.45) is 22.4. The zero-order valence-electron chi connectivity index (χ0n) is 16.7. The van der Waals surface area contributed by atoms with E-state index in [1.165, 1.54) is 13.8 Å². The highest BCUT2D eigenvalue weighted by Gasteiger charge is 2.19. The van der Waals surface area contributed by atoms with Crippen molar-refractivity contribution in [3.8, 4) is 0 Å². The summed E-state index contributed by atoms with van der Waals surface area (Å²) in [5.41, 5.74) is 0. The summed E-state index contributed by atoms with van der Waals surface area (Å²) in [7, 11) is 0. The molecule has 0 aliphatic rings. The molecule has 0 spiro atoms. The number of hydrogen-bond acceptors (Lipinski definition) is 3. The van der Waals surface area contributed by atoms with Crippen LogP contribution in [0, 0.1) is 0 Å². The van der Waals surface area contributed by atoms with E-state index in [1.807, 2.05) is 13.0 Å². The van der Waals surface area contributed by atoms with E-state index < -0.39 is 0 Å². The van der Waals surface area contributed by atoms with Crippen molar-refractivity contribution >= 4 is 11.9 Å². The fraction of sp³-hybridized carbons (Fsp3) is 0.545. The van der Waals surface area contributed by atoms with Crippen LogP contribution in [0.2, 0.25) is 0 Å². The van der Waals surface area contributed by atoms with E-state index >= 15 is 0 Å². The highest BCUT2D eigenvalue weighted by Crippen LogP contribution is 2.08. The second-order valence-corrected chi connectivity index (χ2v) is 6.22. The van der Waals surface area contributed by atoms with E-state index in [0.29, 0.717) is 6.42 Å². The lowest BCUT2D eigenvalue weighted by Crippen LogP contribution is -2.41. The molecule has 0 radical (unpaired) electrons. The van der Waals surface area contributed by atoms with Crippen LogP contribution in [0.25, 0.3) is 0 Å². The zero-order valence-corrected chi connectivity index (χ0v) is 16.7. The molecule has 0 aromatic heterocycles. The van der Waals surface area contributed by atoms with Gasteiger partial charge in [0.2, 0.25) is 5.91 Å². The van der Waals surface area contributed by atoms with Crippen LogP contribution >= 0.6 is 0 Å². The molecule has 0 bridgehead atoms. The zero-order chi connectivity index (χ0) is 19.6. The number of allylic oxidation sites excluding steroid dienone is 7. The molecule has 0 aliphatic heterocycles. The number of hydrogen-bond donors (Lipinski definition) is 1. The van der Waals surface area contributed by atoms with Gasteiger partial charge in [-0.25, -0.2) is 0 Å². The fourth-order valence-corrected chi connectivity index (χ4v) is 2.35. The van der Waals surface area contributed by atoms with Crippen molar-refractivity contribution in [3.63, 3.8) is 0 Å². The highest BCUT2D eigenvalue weighted by atomic mass is 16.5. The van der Waals surface area contributed by atoms with Crippen LogP contribution in [0.15, 0.2) is 48.6 Å². The summed E-state index contributed by atoms with van der Waals surface area (Å²) in [6.45, 7) is 6.83. The SMILES string of the molecule is CC/C=C\C/C=C\C/C=C\CC/C=C/C[C@H](OC(C)=O)[C@@H](C)NC(C)=O. The van der Waals surface area contributed by atoms with Gasteiger partial charge in [0.15, 0.2) is 0 Å². The van der Waals surface area contributed by atoms with Crippen molar-refractivity contribution in [2.45, 2.75) is 78.4 Å². The summed E-state index contributed by atoms with van der Waals surface area (Å²) in [5, 5.41) is 2.77. The predicted molar refractivity (Wildman–Crippen MR) is 109 cm³/mol. The molecule has 0 unspecified atom stereocenters. The van der Waals surface area contributed by atoms with Gasteiger partial charge in [0.05, 0.1) is 6.04 Å². The molecular formula is C22H35NO3. The lowest BCUT2D eigenvalue weighted by Gasteiger charge is -2.23. The molecule has 4 heteroatoms. The highest BCUT2D eigenvalue weighted by molar-refractivity contribution is 5.73. The minimum atomic E-state index is -0.338. The largest absolute Gasteiger partial charge is 0.460 e. The Balaban J connectivity index is 4.03. The topological polar surface area (TPSA) is 55.4 Å². The second-order valence-electron chi connectivity index (χ2n) is 6.22. The molecule has 0 aromatic carbocycles. The number of amides is 1. The Labute approximate surface area is 159 Å². The number of esters is 1. The van der Waals surface area contributed by atoms with Crippen molar-refractivity contribution in [1.29, 1.82) is 0 Å². The van der Waals surface area contributed by atoms with Gasteiger partial charge in [-0.15, -0.1) is 0 Å². The lowest BCUT2D eigenvalue weighted by molar-refractivity contribution is -0.148. The number of nitrogens with one attached hydrogen (secondary N) is 1. The van der Waals surface area contributed by atoms with Crippen LogP contribution in [0.3, 0.4) is 0 Å². The third kappa shape index (κ3) is 15.4. The molecule has 0 saturated carbocycles. The van der Waals surface area contributed by atoms with E-state index in [9.17, 15) is 9.59 Å². The number of carbonyl (C=O) groups is 2. The van der Waals surface area contributed by atoms with Gasteiger partial charge >= 0.3 is 5.97 Å². The number of unbranched alkanes of at least 4 members (excludes halogenated alkanes) is 1. The van der Waals surface area contributed by atoms with Crippen LogP contribution in [0.1, 0.15) is 66.2 Å². The molecule has 146 valence electrons. The molecule has 0 aliphatic carbocycles. The smallest absolute Gasteiger partial charge is 0.302 e. The van der Waals surface area contributed by atoms with Crippen molar-refractivity contribution in [2.75, 3.05) is 0 Å². The molecule has 0 rings (SSSR count). The number of carbonyl (C=O) groups excluding carboxylic acids is 2. The Hall–Kier alpha value is -2.10. The van der Waals surface area contributed by atoms with Crippen LogP contribution in [0.5, 0.6) is 0 Å². The van der Waals surface area contributed by atoms with Crippen LogP contribution in [-0.2, 0) is 14.3 Å². The maximum Gasteiger partial charge on any atom is 0.302 e. The normalized spacial score (nSPS) is 14.5. The van der Waals surface area contributed by atoms with Crippen molar-refractivity contribution in [3.05, 3.63) is 48.6 Å². The standard InChI is InChI=1S/C22H35NO3/c1-5-6-7-8-9-10-11-12-13-14-15-16-17-18-22(26-21(4)25)19(2)23-20(3)24/h6-7,9-10,12-13,16-17,19,22H,5,8,11,14-15,18H2,1-4H3,(H,23,24)/b7-6-,10-9-,13-12-,17-16+/t19-,22+/m1/s1. The first-order valence-electron chi connectivity index (χ1n) is 9.51. The molecule has 1 N–H and O–H groups in total. The molecule has 4 nitrogen and oxygen atoms in total. The van der Waals surface area contributed by atoms with Gasteiger partial charge in [0.1, 0.15) is 6.10 Å². The first kappa shape index (κ1) is 23.9. The van der Waals surface area contributed by atoms with E-state index in [1.54, 1.807) is 0 Å². The monoisotopic (exact) mass is 361 g/mol. The summed E-state index contributed by atoms with van der Waals surface area (Å²) >= 11 is 0. The molecule has 0 heterocycles. The van der Waals surface area contributed by atoms with Gasteiger partial charge in [0, 0.05) is 20.3 Å². The quantitative estimate of drug-likeness (QED) is 0.284. The number of rotatable bonds is 13. The average molecular weight is 362 g/mol. The van der Waals surface area contributed by atoms with Crippen molar-refractivity contribution < 1.29 is 14.3 Å². The Morgan fingerprint density at radius 1 is 0.885 bits per heavy atom. The van der Waals surface area contributed by atoms with Gasteiger partial charge < -0.3 is 10.1 Å². The van der Waals surface area contributed by atoms with E-state index in [0.717, 1.165) is 32.1 Å². The molecule has 0 fully saturated rings. The second kappa shape index (κ2) is 16.4. The average Bonchev–Trinajstić information content (AvgIpc) is 2.57. The molecule has 26 heavy (non-hydrogen) atoms. The first-order valence-corrected chi connectivity index (χ1v) is 9.51. The van der Waals surface area contributed by atoms with E-state index in [4.69, 9.17) is 4.74 Å². The minimum Gasteiger partial charge on any atom is -0.460 e. The lowest BCUT2D eigenvalue weighted by atomic mass is 10.1. The molecule has 0 aromatic rings. The van der Waals surface area contributed by atoms with Crippen LogP contribution in [0.4, 0.5) is 0 Å². The Morgan fingerprint density at radius 2 is 1.42 bits per heavy atom. The number of ether oxygens (including phenoxy) is 1. The predicted octanol–water partition coefficient (Wildman–Crippen LogP) is 5.03. The van der Waals surface area contributed by atoms with Gasteiger partial charge in [-0.2, -0.15) is 0 Å². The van der Waals surface area contributed by atoms with Crippen molar-refractivity contribution in [2.24, 2.45) is 0 Å². The maximum absolute atomic E-state index is 11.2. The third-order valence-corrected chi connectivity index (χ3v) is 3.62. The first-order chi connectivity index (χ1) is 12.5. The van der Waals surface area contributed by atoms with E-state index in [2.05, 4.69) is 54.8 Å². The third-order valence-electron chi connectivity index (χ3n) is 3.62. The maximum atomic E-state index is 11.2. The summed E-state index contributed by atoms with van der Waals surface area (Å²) < 4.78 is 5.29. The summed E-state index contributed by atoms with van der Waals surface area (Å²) in [6, 6.07) is -0.208. The Morgan fingerprint density at radius 3 is 1.96 bits per heavy atom. The molecule has 1 amide bonds. The molecule has 0 saturated heterocycles. The van der Waals surface area contributed by atoms with Gasteiger partial charge in [0.25, 0.3) is 0 Å². The van der Waals surface area contributed by atoms with Crippen LogP contribution < -0.4 is 5.32 Å². The van der Waals surface area contributed by atoms with Crippen LogP contribution in [-0.4, -0.2) is 24.0 Å². The van der Waals surface area contributed by atoms with Gasteiger partial charge in [-0.1, -0.05) is 55.5 Å². The molecule has 2 atom stereocenters. The molecular weight excluding hydrogens is 326 g/mol. The van der Waals surface area contributed by atoms with Gasteiger partial charge in [-0.3, -0.25) is 9.59 Å².